The van der Waals surface area contributed by atoms with Crippen molar-refractivity contribution in [3.8, 4) is 5.75 Å². The molecule has 0 aromatic heterocycles. The topological polar surface area (TPSA) is 24.5 Å². The van der Waals surface area contributed by atoms with Crippen LogP contribution < -0.4 is 10.1 Å². The summed E-state index contributed by atoms with van der Waals surface area (Å²) in [6, 6.07) is 6.46. The summed E-state index contributed by atoms with van der Waals surface area (Å²) in [5, 5.41) is 3.46. The van der Waals surface area contributed by atoms with E-state index in [0.29, 0.717) is 6.10 Å². The molecule has 3 nitrogen and oxygen atoms in total. The zero-order chi connectivity index (χ0) is 15.4. The minimum absolute atomic E-state index is 0.395. The molecule has 0 radical (unpaired) electrons. The third-order valence-corrected chi connectivity index (χ3v) is 5.29. The van der Waals surface area contributed by atoms with Crippen molar-refractivity contribution in [2.45, 2.75) is 45.6 Å². The Morgan fingerprint density at radius 3 is 2.45 bits per heavy atom. The molecule has 122 valence electrons. The van der Waals surface area contributed by atoms with E-state index in [1.54, 1.807) is 0 Å². The van der Waals surface area contributed by atoms with Gasteiger partial charge in [0.2, 0.25) is 0 Å². The Labute approximate surface area is 135 Å². The number of ether oxygens (including phenoxy) is 1. The van der Waals surface area contributed by atoms with Crippen molar-refractivity contribution in [1.82, 2.24) is 10.2 Å². The van der Waals surface area contributed by atoms with Gasteiger partial charge in [0.25, 0.3) is 0 Å². The Kier molecular flexibility index (Phi) is 5.37. The molecule has 0 bridgehead atoms. The average Bonchev–Trinajstić information content (AvgIpc) is 2.54. The minimum Gasteiger partial charge on any atom is -0.490 e. The lowest BCUT2D eigenvalue weighted by Gasteiger charge is -2.35. The first-order valence-corrected chi connectivity index (χ1v) is 8.87. The van der Waals surface area contributed by atoms with Crippen LogP contribution in [-0.4, -0.2) is 43.7 Å². The van der Waals surface area contributed by atoms with Crippen molar-refractivity contribution in [3.63, 3.8) is 0 Å². The highest BCUT2D eigenvalue weighted by atomic mass is 16.5. The molecule has 2 aliphatic heterocycles. The Morgan fingerprint density at radius 1 is 1.05 bits per heavy atom. The summed E-state index contributed by atoms with van der Waals surface area (Å²) >= 11 is 0. The minimum atomic E-state index is 0.395. The molecule has 2 heterocycles. The van der Waals surface area contributed by atoms with Gasteiger partial charge in [-0.2, -0.15) is 0 Å². The highest BCUT2D eigenvalue weighted by Gasteiger charge is 2.23. The molecule has 0 spiro atoms. The standard InChI is InChI=1S/C19H30N2O/c1-15-3-4-19(13-16(15)2)22-18-7-11-21(12-8-18)14-17-5-9-20-10-6-17/h3-4,13,17-18,20H,5-12,14H2,1-2H3. The molecule has 3 rings (SSSR count). The number of nitrogens with zero attached hydrogens (tertiary/aromatic N) is 1. The Morgan fingerprint density at radius 2 is 1.77 bits per heavy atom. The number of piperidine rings is 2. The van der Waals surface area contributed by atoms with Gasteiger partial charge in [0.15, 0.2) is 0 Å². The van der Waals surface area contributed by atoms with Gasteiger partial charge < -0.3 is 15.0 Å². The van der Waals surface area contributed by atoms with Gasteiger partial charge in [-0.1, -0.05) is 6.07 Å². The quantitative estimate of drug-likeness (QED) is 0.925. The Hall–Kier alpha value is -1.06. The SMILES string of the molecule is Cc1ccc(OC2CCN(CC3CCNCC3)CC2)cc1C. The van der Waals surface area contributed by atoms with E-state index in [9.17, 15) is 0 Å². The van der Waals surface area contributed by atoms with Gasteiger partial charge in [0.05, 0.1) is 0 Å². The van der Waals surface area contributed by atoms with Crippen LogP contribution >= 0.6 is 0 Å². The summed E-state index contributed by atoms with van der Waals surface area (Å²) < 4.78 is 6.19. The lowest BCUT2D eigenvalue weighted by molar-refractivity contribution is 0.0872. The summed E-state index contributed by atoms with van der Waals surface area (Å²) in [6.45, 7) is 10.4. The van der Waals surface area contributed by atoms with Gasteiger partial charge in [0, 0.05) is 19.6 Å². The summed E-state index contributed by atoms with van der Waals surface area (Å²) in [5.74, 6) is 1.94. The van der Waals surface area contributed by atoms with Gasteiger partial charge in [0.1, 0.15) is 11.9 Å². The van der Waals surface area contributed by atoms with Crippen LogP contribution in [-0.2, 0) is 0 Å². The molecule has 0 amide bonds. The average molecular weight is 302 g/mol. The summed E-state index contributed by atoms with van der Waals surface area (Å²) in [5.41, 5.74) is 2.66. The molecule has 2 saturated heterocycles. The summed E-state index contributed by atoms with van der Waals surface area (Å²) in [7, 11) is 0. The lowest BCUT2D eigenvalue weighted by atomic mass is 9.96. The van der Waals surface area contributed by atoms with Crippen LogP contribution in [0.5, 0.6) is 5.75 Å². The van der Waals surface area contributed by atoms with E-state index in [2.05, 4.69) is 42.3 Å². The third-order valence-electron chi connectivity index (χ3n) is 5.29. The van der Waals surface area contributed by atoms with E-state index in [4.69, 9.17) is 4.74 Å². The fourth-order valence-corrected chi connectivity index (χ4v) is 3.62. The molecule has 1 aromatic carbocycles. The van der Waals surface area contributed by atoms with Crippen LogP contribution in [0, 0.1) is 19.8 Å². The number of aryl methyl sites for hydroxylation is 2. The van der Waals surface area contributed by atoms with Gasteiger partial charge >= 0.3 is 0 Å². The van der Waals surface area contributed by atoms with Crippen molar-refractivity contribution in [1.29, 1.82) is 0 Å². The first-order chi connectivity index (χ1) is 10.7. The van der Waals surface area contributed by atoms with Gasteiger partial charge in [-0.25, -0.2) is 0 Å². The van der Waals surface area contributed by atoms with Crippen molar-refractivity contribution in [2.24, 2.45) is 5.92 Å². The molecular weight excluding hydrogens is 272 g/mol. The summed E-state index contributed by atoms with van der Waals surface area (Å²) in [6.07, 6.45) is 5.42. The molecule has 22 heavy (non-hydrogen) atoms. The maximum Gasteiger partial charge on any atom is 0.120 e. The number of hydrogen-bond acceptors (Lipinski definition) is 3. The molecule has 2 fully saturated rings. The molecule has 0 saturated carbocycles. The number of rotatable bonds is 4. The molecule has 0 aliphatic carbocycles. The number of likely N-dealkylation sites (tertiary alicyclic amines) is 1. The normalized spacial score (nSPS) is 21.9. The predicted octanol–water partition coefficient (Wildman–Crippen LogP) is 3.15. The van der Waals surface area contributed by atoms with Crippen LogP contribution in [0.3, 0.4) is 0 Å². The third kappa shape index (κ3) is 4.23. The largest absolute Gasteiger partial charge is 0.490 e. The smallest absolute Gasteiger partial charge is 0.120 e. The fraction of sp³-hybridized carbons (Fsp3) is 0.684. The Balaban J connectivity index is 1.44. The predicted molar refractivity (Wildman–Crippen MR) is 91.6 cm³/mol. The van der Waals surface area contributed by atoms with Crippen LogP contribution in [0.25, 0.3) is 0 Å². The van der Waals surface area contributed by atoms with Gasteiger partial charge in [-0.05, 0) is 81.8 Å². The van der Waals surface area contributed by atoms with Gasteiger partial charge in [-0.15, -0.1) is 0 Å². The van der Waals surface area contributed by atoms with Gasteiger partial charge in [-0.3, -0.25) is 0 Å². The zero-order valence-corrected chi connectivity index (χ0v) is 14.1. The zero-order valence-electron chi connectivity index (χ0n) is 14.1. The van der Waals surface area contributed by atoms with Crippen molar-refractivity contribution >= 4 is 0 Å². The van der Waals surface area contributed by atoms with E-state index in [0.717, 1.165) is 24.5 Å². The first kappa shape index (κ1) is 15.8. The second-order valence-corrected chi connectivity index (χ2v) is 7.06. The van der Waals surface area contributed by atoms with Crippen molar-refractivity contribution in [3.05, 3.63) is 29.3 Å². The van der Waals surface area contributed by atoms with Crippen LogP contribution in [0.15, 0.2) is 18.2 Å². The molecule has 2 aliphatic rings. The Bertz CT molecular complexity index is 474. The second kappa shape index (κ2) is 7.47. The fourth-order valence-electron chi connectivity index (χ4n) is 3.62. The van der Waals surface area contributed by atoms with E-state index >= 15 is 0 Å². The van der Waals surface area contributed by atoms with E-state index in [1.165, 1.54) is 56.7 Å². The molecule has 0 unspecified atom stereocenters. The maximum absolute atomic E-state index is 6.19. The molecule has 3 heteroatoms. The van der Waals surface area contributed by atoms with Crippen LogP contribution in [0.1, 0.15) is 36.8 Å². The van der Waals surface area contributed by atoms with Crippen LogP contribution in [0.2, 0.25) is 0 Å². The van der Waals surface area contributed by atoms with Crippen molar-refractivity contribution in [2.75, 3.05) is 32.7 Å². The summed E-state index contributed by atoms with van der Waals surface area (Å²) in [4.78, 5) is 2.65. The van der Waals surface area contributed by atoms with Crippen molar-refractivity contribution < 1.29 is 4.74 Å². The van der Waals surface area contributed by atoms with Crippen LogP contribution in [0.4, 0.5) is 0 Å². The monoisotopic (exact) mass is 302 g/mol. The van der Waals surface area contributed by atoms with E-state index < -0.39 is 0 Å². The highest BCUT2D eigenvalue weighted by molar-refractivity contribution is 5.33. The number of benzene rings is 1. The molecule has 1 N–H and O–H groups in total. The number of hydrogen-bond donors (Lipinski definition) is 1. The first-order valence-electron chi connectivity index (χ1n) is 8.87. The second-order valence-electron chi connectivity index (χ2n) is 7.06. The lowest BCUT2D eigenvalue weighted by Crippen LogP contribution is -2.42. The van der Waals surface area contributed by atoms with E-state index in [-0.39, 0.29) is 0 Å². The van der Waals surface area contributed by atoms with E-state index in [1.807, 2.05) is 0 Å². The molecule has 1 aromatic rings. The molecular formula is C19H30N2O. The maximum atomic E-state index is 6.19. The highest BCUT2D eigenvalue weighted by Crippen LogP contribution is 2.23. The molecule has 0 atom stereocenters. The number of nitrogens with one attached hydrogen (secondary N) is 1.